The highest BCUT2D eigenvalue weighted by atomic mass is 16.4. The lowest BCUT2D eigenvalue weighted by Crippen LogP contribution is -2.53. The molecule has 4 amide bonds. The van der Waals surface area contributed by atoms with Gasteiger partial charge >= 0.3 is 12.0 Å². The molecule has 0 spiro atoms. The lowest BCUT2D eigenvalue weighted by Gasteiger charge is -2.25. The molecule has 0 rings (SSSR count). The number of carbonyl (C=O) groups excluding carboxylic acids is 3. The zero-order chi connectivity index (χ0) is 15.9. The summed E-state index contributed by atoms with van der Waals surface area (Å²) in [6, 6.07) is -2.01. The van der Waals surface area contributed by atoms with Gasteiger partial charge < -0.3 is 26.8 Å². The van der Waals surface area contributed by atoms with Gasteiger partial charge in [-0.2, -0.15) is 0 Å². The smallest absolute Gasteiger partial charge is 0.326 e. The lowest BCUT2D eigenvalue weighted by molar-refractivity contribution is -0.140. The van der Waals surface area contributed by atoms with E-state index in [0.29, 0.717) is 6.42 Å². The summed E-state index contributed by atoms with van der Waals surface area (Å²) in [6.45, 7) is 2.38. The van der Waals surface area contributed by atoms with Crippen LogP contribution >= 0.6 is 0 Å². The molecule has 2 atom stereocenters. The number of nitrogens with one attached hydrogen (secondary N) is 1. The molecule has 0 fully saturated rings. The van der Waals surface area contributed by atoms with Crippen LogP contribution in [0.2, 0.25) is 0 Å². The minimum absolute atomic E-state index is 0.319. The molecule has 0 saturated carbocycles. The van der Waals surface area contributed by atoms with Crippen LogP contribution in [0.5, 0.6) is 0 Å². The van der Waals surface area contributed by atoms with Crippen LogP contribution in [0, 0.1) is 5.92 Å². The Morgan fingerprint density at radius 2 is 1.60 bits per heavy atom. The number of carbonyl (C=O) groups is 4. The number of carboxylic acid groups (broad SMARTS) is 1. The standard InChI is InChI=1S/C11H20N4O5/c1-3-6(2)9(10(18)19)14-11(20)15(4-7(12)16)5-8(13)17/h6,9H,3-5H2,1-2H3,(H2,12,16)(H2,13,17)(H,14,20)(H,18,19)/t6?,9-/m0/s1. The molecule has 6 N–H and O–H groups in total. The van der Waals surface area contributed by atoms with Crippen LogP contribution in [-0.2, 0) is 14.4 Å². The zero-order valence-electron chi connectivity index (χ0n) is 11.5. The number of aliphatic carboxylic acids is 1. The molecular weight excluding hydrogens is 268 g/mol. The number of nitrogens with zero attached hydrogens (tertiary/aromatic N) is 1. The molecule has 20 heavy (non-hydrogen) atoms. The maximum Gasteiger partial charge on any atom is 0.326 e. The summed E-state index contributed by atoms with van der Waals surface area (Å²) in [4.78, 5) is 45.4. The second-order valence-electron chi connectivity index (χ2n) is 4.44. The zero-order valence-corrected chi connectivity index (χ0v) is 11.5. The van der Waals surface area contributed by atoms with Crippen LogP contribution < -0.4 is 16.8 Å². The number of rotatable bonds is 8. The summed E-state index contributed by atoms with van der Waals surface area (Å²) in [5.41, 5.74) is 9.91. The van der Waals surface area contributed by atoms with Gasteiger partial charge in [0.15, 0.2) is 0 Å². The van der Waals surface area contributed by atoms with Gasteiger partial charge in [0, 0.05) is 0 Å². The van der Waals surface area contributed by atoms with E-state index in [1.807, 2.05) is 0 Å². The number of carboxylic acids is 1. The Morgan fingerprint density at radius 3 is 1.90 bits per heavy atom. The van der Waals surface area contributed by atoms with Gasteiger partial charge in [-0.15, -0.1) is 0 Å². The van der Waals surface area contributed by atoms with Crippen molar-refractivity contribution in [3.8, 4) is 0 Å². The van der Waals surface area contributed by atoms with Crippen molar-refractivity contribution in [3.05, 3.63) is 0 Å². The number of hydrogen-bond donors (Lipinski definition) is 4. The van der Waals surface area contributed by atoms with E-state index in [-0.39, 0.29) is 5.92 Å². The van der Waals surface area contributed by atoms with Crippen molar-refractivity contribution >= 4 is 23.8 Å². The molecule has 0 aliphatic carbocycles. The highest BCUT2D eigenvalue weighted by Crippen LogP contribution is 2.08. The Hall–Kier alpha value is -2.32. The molecule has 0 aliphatic heterocycles. The third kappa shape index (κ3) is 6.03. The van der Waals surface area contributed by atoms with Crippen LogP contribution in [0.25, 0.3) is 0 Å². The first-order valence-corrected chi connectivity index (χ1v) is 6.03. The normalized spacial score (nSPS) is 13.1. The summed E-state index contributed by atoms with van der Waals surface area (Å²) < 4.78 is 0. The summed E-state index contributed by atoms with van der Waals surface area (Å²) in [5, 5.41) is 11.3. The average molecular weight is 288 g/mol. The summed E-state index contributed by atoms with van der Waals surface area (Å²) >= 11 is 0. The quantitative estimate of drug-likeness (QED) is 0.426. The third-order valence-electron chi connectivity index (χ3n) is 2.74. The van der Waals surface area contributed by atoms with Crippen LogP contribution in [0.3, 0.4) is 0 Å². The van der Waals surface area contributed by atoms with E-state index >= 15 is 0 Å². The van der Waals surface area contributed by atoms with E-state index in [1.165, 1.54) is 0 Å². The Bertz CT molecular complexity index is 382. The van der Waals surface area contributed by atoms with E-state index in [1.54, 1.807) is 13.8 Å². The van der Waals surface area contributed by atoms with Gasteiger partial charge in [-0.25, -0.2) is 9.59 Å². The van der Waals surface area contributed by atoms with E-state index in [9.17, 15) is 19.2 Å². The van der Waals surface area contributed by atoms with Crippen molar-refractivity contribution in [1.29, 1.82) is 0 Å². The minimum atomic E-state index is -1.20. The SMILES string of the molecule is CCC(C)[C@H](NC(=O)N(CC(N)=O)CC(N)=O)C(=O)O. The predicted octanol–water partition coefficient (Wildman–Crippen LogP) is -1.53. The first kappa shape index (κ1) is 17.7. The summed E-state index contributed by atoms with van der Waals surface area (Å²) in [7, 11) is 0. The van der Waals surface area contributed by atoms with Crippen LogP contribution in [0.1, 0.15) is 20.3 Å². The molecular formula is C11H20N4O5. The van der Waals surface area contributed by atoms with Crippen molar-refractivity contribution in [2.24, 2.45) is 17.4 Å². The van der Waals surface area contributed by atoms with Crippen molar-refractivity contribution in [2.45, 2.75) is 26.3 Å². The Morgan fingerprint density at radius 1 is 1.15 bits per heavy atom. The molecule has 0 heterocycles. The van der Waals surface area contributed by atoms with Gasteiger partial charge in [0.05, 0.1) is 0 Å². The predicted molar refractivity (Wildman–Crippen MR) is 69.4 cm³/mol. The maximum atomic E-state index is 11.9. The highest BCUT2D eigenvalue weighted by Gasteiger charge is 2.28. The summed E-state index contributed by atoms with van der Waals surface area (Å²) in [6.07, 6.45) is 0.531. The van der Waals surface area contributed by atoms with Crippen molar-refractivity contribution in [2.75, 3.05) is 13.1 Å². The van der Waals surface area contributed by atoms with Gasteiger partial charge in [0.25, 0.3) is 0 Å². The largest absolute Gasteiger partial charge is 0.480 e. The minimum Gasteiger partial charge on any atom is -0.480 e. The fourth-order valence-electron chi connectivity index (χ4n) is 1.48. The van der Waals surface area contributed by atoms with E-state index in [4.69, 9.17) is 16.6 Å². The topological polar surface area (TPSA) is 156 Å². The number of primary amides is 2. The summed E-state index contributed by atoms with van der Waals surface area (Å²) in [5.74, 6) is -3.19. The van der Waals surface area contributed by atoms with Gasteiger partial charge in [0.1, 0.15) is 19.1 Å². The Kier molecular flexibility index (Phi) is 7.05. The van der Waals surface area contributed by atoms with E-state index in [0.717, 1.165) is 4.90 Å². The third-order valence-corrected chi connectivity index (χ3v) is 2.74. The number of hydrogen-bond acceptors (Lipinski definition) is 4. The molecule has 9 nitrogen and oxygen atoms in total. The van der Waals surface area contributed by atoms with Crippen LogP contribution in [0.15, 0.2) is 0 Å². The van der Waals surface area contributed by atoms with Crippen LogP contribution in [0.4, 0.5) is 4.79 Å². The molecule has 0 aromatic rings. The van der Waals surface area contributed by atoms with Gasteiger partial charge in [-0.1, -0.05) is 20.3 Å². The Labute approximate surface area is 116 Å². The average Bonchev–Trinajstić information content (AvgIpc) is 2.32. The Balaban J connectivity index is 4.91. The second-order valence-corrected chi connectivity index (χ2v) is 4.44. The number of amides is 4. The number of nitrogens with two attached hydrogens (primary N) is 2. The number of urea groups is 1. The van der Waals surface area contributed by atoms with Crippen LogP contribution in [-0.4, -0.2) is 53.0 Å². The van der Waals surface area contributed by atoms with Gasteiger partial charge in [0.2, 0.25) is 11.8 Å². The molecule has 0 aliphatic rings. The van der Waals surface area contributed by atoms with Gasteiger partial charge in [-0.05, 0) is 5.92 Å². The molecule has 0 bridgehead atoms. The van der Waals surface area contributed by atoms with E-state index < -0.39 is 42.9 Å². The lowest BCUT2D eigenvalue weighted by atomic mass is 9.99. The first-order chi connectivity index (χ1) is 9.18. The molecule has 0 aromatic heterocycles. The van der Waals surface area contributed by atoms with E-state index in [2.05, 4.69) is 5.32 Å². The highest BCUT2D eigenvalue weighted by molar-refractivity contribution is 5.89. The second kappa shape index (κ2) is 7.97. The van der Waals surface area contributed by atoms with Gasteiger partial charge in [-0.3, -0.25) is 9.59 Å². The molecule has 1 unspecified atom stereocenters. The van der Waals surface area contributed by atoms with Crippen molar-refractivity contribution in [1.82, 2.24) is 10.2 Å². The molecule has 0 saturated heterocycles. The monoisotopic (exact) mass is 288 g/mol. The van der Waals surface area contributed by atoms with Crippen molar-refractivity contribution < 1.29 is 24.3 Å². The molecule has 114 valence electrons. The first-order valence-electron chi connectivity index (χ1n) is 6.03. The fraction of sp³-hybridized carbons (Fsp3) is 0.636. The fourth-order valence-corrected chi connectivity index (χ4v) is 1.48. The molecule has 9 heteroatoms. The molecule has 0 aromatic carbocycles. The van der Waals surface area contributed by atoms with Crippen molar-refractivity contribution in [3.63, 3.8) is 0 Å². The maximum absolute atomic E-state index is 11.9. The molecule has 0 radical (unpaired) electrons.